The van der Waals surface area contributed by atoms with Gasteiger partial charge in [0.2, 0.25) is 5.95 Å². The van der Waals surface area contributed by atoms with Crippen LogP contribution in [-0.4, -0.2) is 49.5 Å². The third-order valence-electron chi connectivity index (χ3n) is 9.26. The SMILES string of the molecule is C[C@H]1C[C@@H](c2ccncc2Nc2ncc3ccc(-c4c(F)cc(C5(C#N)CCOCC5)cc4F)nn23)C[C@@H](N)[C@]1(C)O. The van der Waals surface area contributed by atoms with Crippen molar-refractivity contribution in [3.05, 3.63) is 71.7 Å². The van der Waals surface area contributed by atoms with Crippen molar-refractivity contribution in [2.45, 2.75) is 62.5 Å². The van der Waals surface area contributed by atoms with E-state index in [-0.39, 0.29) is 29.1 Å². The summed E-state index contributed by atoms with van der Waals surface area (Å²) in [4.78, 5) is 8.75. The number of anilines is 2. The summed E-state index contributed by atoms with van der Waals surface area (Å²) in [5, 5.41) is 28.5. The van der Waals surface area contributed by atoms with Crippen molar-refractivity contribution in [3.8, 4) is 17.3 Å². The molecule has 1 saturated heterocycles. The topological polar surface area (TPSA) is 134 Å². The fraction of sp³-hybridized carbons (Fsp3) is 0.419. The highest BCUT2D eigenvalue weighted by molar-refractivity contribution is 5.66. The zero-order valence-corrected chi connectivity index (χ0v) is 23.5. The molecule has 4 N–H and O–H groups in total. The van der Waals surface area contributed by atoms with Gasteiger partial charge < -0.3 is 20.9 Å². The van der Waals surface area contributed by atoms with E-state index in [1.807, 2.05) is 13.0 Å². The summed E-state index contributed by atoms with van der Waals surface area (Å²) in [6.07, 6.45) is 7.13. The molecule has 4 aromatic rings. The predicted octanol–water partition coefficient (Wildman–Crippen LogP) is 4.98. The average Bonchev–Trinajstić information content (AvgIpc) is 3.38. The number of aromatic nitrogens is 4. The molecule has 42 heavy (non-hydrogen) atoms. The van der Waals surface area contributed by atoms with Crippen molar-refractivity contribution in [3.63, 3.8) is 0 Å². The second kappa shape index (κ2) is 10.7. The van der Waals surface area contributed by atoms with Gasteiger partial charge in [0.15, 0.2) is 0 Å². The van der Waals surface area contributed by atoms with Crippen molar-refractivity contribution < 1.29 is 18.6 Å². The Morgan fingerprint density at radius 3 is 2.57 bits per heavy atom. The smallest absolute Gasteiger partial charge is 0.229 e. The Balaban J connectivity index is 1.33. The van der Waals surface area contributed by atoms with Crippen LogP contribution in [0.1, 0.15) is 56.6 Å². The van der Waals surface area contributed by atoms with Gasteiger partial charge >= 0.3 is 0 Å². The molecule has 4 heterocycles. The van der Waals surface area contributed by atoms with Gasteiger partial charge in [0.05, 0.1) is 51.9 Å². The van der Waals surface area contributed by atoms with Crippen LogP contribution in [0.3, 0.4) is 0 Å². The first kappa shape index (κ1) is 28.2. The number of aliphatic hydroxyl groups is 1. The quantitative estimate of drug-likeness (QED) is 0.305. The maximum atomic E-state index is 15.5. The standard InChI is InChI=1S/C31H33F2N7O2/c1-18-11-19(12-27(35)30(18,2)41)22-5-8-36-16-26(22)38-29-37-15-21-3-4-25(39-40(21)29)28-23(32)13-20(14-24(28)33)31(17-34)6-9-42-10-7-31/h3-5,8,13-16,18-19,27,41H,6-7,9-12,35H2,1-2H3,(H,37,38)/t18-,19+,27+,30+/m0/s1. The number of hydrogen-bond acceptors (Lipinski definition) is 8. The molecule has 1 aliphatic heterocycles. The molecule has 0 amide bonds. The Hall–Kier alpha value is -3.98. The molecule has 2 aliphatic rings. The number of nitrogens with one attached hydrogen (secondary N) is 1. The van der Waals surface area contributed by atoms with E-state index in [0.29, 0.717) is 55.2 Å². The fourth-order valence-electron chi connectivity index (χ4n) is 6.29. The molecule has 1 aromatic carbocycles. The number of fused-ring (bicyclic) bond motifs is 1. The first-order valence-electron chi connectivity index (χ1n) is 14.2. The molecule has 1 aliphatic carbocycles. The Kier molecular flexibility index (Phi) is 7.17. The molecule has 0 unspecified atom stereocenters. The number of nitrogens with zero attached hydrogens (tertiary/aromatic N) is 5. The molecule has 11 heteroatoms. The first-order valence-corrected chi connectivity index (χ1v) is 14.2. The lowest BCUT2D eigenvalue weighted by atomic mass is 9.68. The van der Waals surface area contributed by atoms with Crippen molar-refractivity contribution in [2.75, 3.05) is 18.5 Å². The van der Waals surface area contributed by atoms with Crippen LogP contribution in [-0.2, 0) is 10.2 Å². The maximum absolute atomic E-state index is 15.5. The minimum atomic E-state index is -0.992. The number of imidazole rings is 1. The summed E-state index contributed by atoms with van der Waals surface area (Å²) >= 11 is 0. The number of benzene rings is 1. The number of ether oxygens (including phenoxy) is 1. The van der Waals surface area contributed by atoms with Gasteiger partial charge in [-0.2, -0.15) is 14.9 Å². The van der Waals surface area contributed by atoms with Gasteiger partial charge in [-0.3, -0.25) is 4.98 Å². The summed E-state index contributed by atoms with van der Waals surface area (Å²) in [7, 11) is 0. The molecule has 0 bridgehead atoms. The van der Waals surface area contributed by atoms with Gasteiger partial charge in [-0.25, -0.2) is 13.8 Å². The van der Waals surface area contributed by atoms with Crippen LogP contribution in [0.2, 0.25) is 0 Å². The van der Waals surface area contributed by atoms with Crippen LogP contribution in [0.25, 0.3) is 16.8 Å². The molecule has 6 rings (SSSR count). The molecule has 1 saturated carbocycles. The van der Waals surface area contributed by atoms with Crippen molar-refractivity contribution in [1.29, 1.82) is 5.26 Å². The number of pyridine rings is 1. The second-order valence-electron chi connectivity index (χ2n) is 11.7. The predicted molar refractivity (Wildman–Crippen MR) is 153 cm³/mol. The number of nitriles is 1. The van der Waals surface area contributed by atoms with Gasteiger partial charge in [-0.05, 0) is 85.9 Å². The summed E-state index contributed by atoms with van der Waals surface area (Å²) in [5.74, 6) is -1.15. The molecule has 9 nitrogen and oxygen atoms in total. The van der Waals surface area contributed by atoms with E-state index in [1.165, 1.54) is 16.6 Å². The first-order chi connectivity index (χ1) is 20.1. The molecule has 3 aromatic heterocycles. The molecular weight excluding hydrogens is 540 g/mol. The van der Waals surface area contributed by atoms with Gasteiger partial charge in [0.25, 0.3) is 0 Å². The lowest BCUT2D eigenvalue weighted by Crippen LogP contribution is -2.54. The number of hydrogen-bond donors (Lipinski definition) is 3. The highest BCUT2D eigenvalue weighted by Gasteiger charge is 2.42. The van der Waals surface area contributed by atoms with E-state index in [0.717, 1.165) is 12.0 Å². The van der Waals surface area contributed by atoms with Gasteiger partial charge in [-0.15, -0.1) is 0 Å². The van der Waals surface area contributed by atoms with Crippen molar-refractivity contribution >= 4 is 17.2 Å². The van der Waals surface area contributed by atoms with Crippen LogP contribution < -0.4 is 11.1 Å². The largest absolute Gasteiger partial charge is 0.388 e. The summed E-state index contributed by atoms with van der Waals surface area (Å²) in [6, 6.07) is 9.52. The highest BCUT2D eigenvalue weighted by atomic mass is 19.1. The van der Waals surface area contributed by atoms with Crippen molar-refractivity contribution in [1.82, 2.24) is 19.6 Å². The zero-order chi connectivity index (χ0) is 29.6. The number of halogens is 2. The van der Waals surface area contributed by atoms with Crippen molar-refractivity contribution in [2.24, 2.45) is 11.7 Å². The molecule has 2 fully saturated rings. The third-order valence-corrected chi connectivity index (χ3v) is 9.26. The molecular formula is C31H33F2N7O2. The molecule has 218 valence electrons. The van der Waals surface area contributed by atoms with Crippen LogP contribution in [0, 0.1) is 28.9 Å². The second-order valence-corrected chi connectivity index (χ2v) is 11.7. The van der Waals surface area contributed by atoms with Crippen LogP contribution in [0.4, 0.5) is 20.4 Å². The lowest BCUT2D eigenvalue weighted by molar-refractivity contribution is -0.0463. The third kappa shape index (κ3) is 4.79. The lowest BCUT2D eigenvalue weighted by Gasteiger charge is -2.44. The number of nitrogens with two attached hydrogens (primary N) is 1. The van der Waals surface area contributed by atoms with E-state index in [1.54, 1.807) is 37.6 Å². The van der Waals surface area contributed by atoms with Crippen LogP contribution in [0.5, 0.6) is 0 Å². The van der Waals surface area contributed by atoms with Gasteiger partial charge in [-0.1, -0.05) is 6.92 Å². The average molecular weight is 574 g/mol. The minimum Gasteiger partial charge on any atom is -0.388 e. The summed E-state index contributed by atoms with van der Waals surface area (Å²) < 4.78 is 37.9. The summed E-state index contributed by atoms with van der Waals surface area (Å²) in [6.45, 7) is 4.51. The fourth-order valence-corrected chi connectivity index (χ4v) is 6.29. The minimum absolute atomic E-state index is 0.00517. The Bertz CT molecular complexity index is 1640. The Morgan fingerprint density at radius 1 is 1.14 bits per heavy atom. The molecule has 4 atom stereocenters. The van der Waals surface area contributed by atoms with E-state index in [2.05, 4.69) is 26.5 Å². The van der Waals surface area contributed by atoms with Crippen LogP contribution >= 0.6 is 0 Å². The van der Waals surface area contributed by atoms with E-state index >= 15 is 8.78 Å². The normalized spacial score (nSPS) is 25.7. The van der Waals surface area contributed by atoms with Crippen LogP contribution in [0.15, 0.2) is 48.9 Å². The summed E-state index contributed by atoms with van der Waals surface area (Å²) in [5.41, 5.74) is 6.86. The van der Waals surface area contributed by atoms with Gasteiger partial charge in [0, 0.05) is 25.5 Å². The Morgan fingerprint density at radius 2 is 1.88 bits per heavy atom. The Labute approximate surface area is 242 Å². The van der Waals surface area contributed by atoms with E-state index in [4.69, 9.17) is 10.5 Å². The van der Waals surface area contributed by atoms with E-state index < -0.39 is 22.7 Å². The van der Waals surface area contributed by atoms with Gasteiger partial charge in [0.1, 0.15) is 11.6 Å². The zero-order valence-electron chi connectivity index (χ0n) is 23.5. The van der Waals surface area contributed by atoms with E-state index in [9.17, 15) is 10.4 Å². The molecule has 0 radical (unpaired) electrons. The number of rotatable bonds is 5. The molecule has 0 spiro atoms. The maximum Gasteiger partial charge on any atom is 0.229 e. The monoisotopic (exact) mass is 573 g/mol. The highest BCUT2D eigenvalue weighted by Crippen LogP contribution is 2.43.